The molecule has 1 heterocycles. The third-order valence-corrected chi connectivity index (χ3v) is 3.28. The van der Waals surface area contributed by atoms with Crippen molar-refractivity contribution in [3.8, 4) is 0 Å². The maximum Gasteiger partial charge on any atom is 0.127 e. The Kier molecular flexibility index (Phi) is 6.86. The van der Waals surface area contributed by atoms with Gasteiger partial charge in [-0.05, 0) is 30.9 Å². The molecule has 0 bridgehead atoms. The Labute approximate surface area is 109 Å². The van der Waals surface area contributed by atoms with Crippen molar-refractivity contribution in [3.63, 3.8) is 0 Å². The number of nitrogens with one attached hydrogen (secondary N) is 1. The fraction of sp³-hybridized carbons (Fsp3) is 0.615. The van der Waals surface area contributed by atoms with E-state index in [0.29, 0.717) is 0 Å². The number of nitrogens with zero attached hydrogens (tertiary/aromatic N) is 2. The van der Waals surface area contributed by atoms with E-state index in [-0.39, 0.29) is 0 Å². The first-order valence-electron chi connectivity index (χ1n) is 6.18. The molecule has 17 heavy (non-hydrogen) atoms. The fourth-order valence-corrected chi connectivity index (χ4v) is 2.00. The summed E-state index contributed by atoms with van der Waals surface area (Å²) >= 11 is 1.90. The van der Waals surface area contributed by atoms with Crippen LogP contribution in [0.15, 0.2) is 18.3 Å². The molecule has 0 aromatic carbocycles. The van der Waals surface area contributed by atoms with Crippen LogP contribution in [-0.2, 0) is 0 Å². The molecule has 0 saturated carbocycles. The molecule has 1 N–H and O–H groups in total. The maximum atomic E-state index is 4.31. The van der Waals surface area contributed by atoms with E-state index in [2.05, 4.69) is 47.6 Å². The van der Waals surface area contributed by atoms with E-state index in [1.165, 1.54) is 17.9 Å². The lowest BCUT2D eigenvalue weighted by Gasteiger charge is -2.19. The highest BCUT2D eigenvalue weighted by Crippen LogP contribution is 2.16. The highest BCUT2D eigenvalue weighted by Gasteiger charge is 2.02. The Morgan fingerprint density at radius 1 is 1.47 bits per heavy atom. The van der Waals surface area contributed by atoms with Crippen molar-refractivity contribution in [1.29, 1.82) is 0 Å². The Balaban J connectivity index is 2.51. The molecule has 0 aliphatic rings. The third kappa shape index (κ3) is 5.31. The normalized spacial score (nSPS) is 10.3. The summed E-state index contributed by atoms with van der Waals surface area (Å²) in [7, 11) is 2.14. The van der Waals surface area contributed by atoms with Crippen LogP contribution in [-0.4, -0.2) is 37.1 Å². The van der Waals surface area contributed by atoms with E-state index in [1.807, 2.05) is 18.0 Å². The van der Waals surface area contributed by atoms with Crippen molar-refractivity contribution in [2.75, 3.05) is 42.4 Å². The van der Waals surface area contributed by atoms with Gasteiger partial charge in [0, 0.05) is 38.1 Å². The molecule has 1 aromatic rings. The van der Waals surface area contributed by atoms with Crippen molar-refractivity contribution in [2.45, 2.75) is 19.8 Å². The van der Waals surface area contributed by atoms with Gasteiger partial charge in [-0.1, -0.05) is 6.92 Å². The molecule has 0 amide bonds. The zero-order valence-electron chi connectivity index (χ0n) is 11.1. The van der Waals surface area contributed by atoms with Crippen molar-refractivity contribution >= 4 is 23.3 Å². The number of thioether (sulfide) groups is 1. The first-order valence-corrected chi connectivity index (χ1v) is 7.57. The van der Waals surface area contributed by atoms with Gasteiger partial charge in [-0.2, -0.15) is 11.8 Å². The number of pyridine rings is 1. The van der Waals surface area contributed by atoms with Crippen molar-refractivity contribution in [3.05, 3.63) is 18.3 Å². The topological polar surface area (TPSA) is 28.2 Å². The van der Waals surface area contributed by atoms with E-state index in [9.17, 15) is 0 Å². The Bertz CT molecular complexity index is 317. The predicted molar refractivity (Wildman–Crippen MR) is 79.3 cm³/mol. The summed E-state index contributed by atoms with van der Waals surface area (Å²) in [6, 6.07) is 4.19. The summed E-state index contributed by atoms with van der Waals surface area (Å²) in [5, 5.41) is 3.31. The molecule has 3 nitrogen and oxygen atoms in total. The molecular weight excluding hydrogens is 230 g/mol. The van der Waals surface area contributed by atoms with E-state index in [1.54, 1.807) is 0 Å². The molecule has 0 atom stereocenters. The Morgan fingerprint density at radius 2 is 2.29 bits per heavy atom. The third-order valence-electron chi connectivity index (χ3n) is 2.58. The van der Waals surface area contributed by atoms with Gasteiger partial charge in [0.15, 0.2) is 0 Å². The molecule has 0 spiro atoms. The zero-order chi connectivity index (χ0) is 12.5. The molecule has 0 unspecified atom stereocenters. The van der Waals surface area contributed by atoms with Crippen LogP contribution in [0, 0.1) is 0 Å². The van der Waals surface area contributed by atoms with E-state index in [0.717, 1.165) is 25.3 Å². The average molecular weight is 253 g/mol. The fourth-order valence-electron chi connectivity index (χ4n) is 1.58. The number of hydrogen-bond acceptors (Lipinski definition) is 4. The zero-order valence-corrected chi connectivity index (χ0v) is 11.9. The molecule has 1 aromatic heterocycles. The SMILES string of the molecule is CCCNc1cc(N(C)CCCSC)ccn1. The van der Waals surface area contributed by atoms with Crippen molar-refractivity contribution in [1.82, 2.24) is 4.98 Å². The lowest BCUT2D eigenvalue weighted by atomic mass is 10.3. The summed E-state index contributed by atoms with van der Waals surface area (Å²) in [5.41, 5.74) is 1.24. The van der Waals surface area contributed by atoms with Gasteiger partial charge in [0.1, 0.15) is 5.82 Å². The number of rotatable bonds is 8. The number of anilines is 2. The molecule has 96 valence electrons. The summed E-state index contributed by atoms with van der Waals surface area (Å²) in [6.45, 7) is 4.23. The summed E-state index contributed by atoms with van der Waals surface area (Å²) < 4.78 is 0. The van der Waals surface area contributed by atoms with Crippen LogP contribution >= 0.6 is 11.8 Å². The Morgan fingerprint density at radius 3 is 3.00 bits per heavy atom. The molecule has 0 radical (unpaired) electrons. The van der Waals surface area contributed by atoms with Crippen LogP contribution in [0.5, 0.6) is 0 Å². The minimum absolute atomic E-state index is 0.973. The predicted octanol–water partition coefficient (Wildman–Crippen LogP) is 3.09. The second-order valence-corrected chi connectivity index (χ2v) is 5.08. The standard InChI is InChI=1S/C13H23N3S/c1-4-7-14-13-11-12(6-8-15-13)16(2)9-5-10-17-3/h6,8,11H,4-5,7,9-10H2,1-3H3,(H,14,15). The van der Waals surface area contributed by atoms with Gasteiger partial charge in [0.05, 0.1) is 0 Å². The van der Waals surface area contributed by atoms with Gasteiger partial charge < -0.3 is 10.2 Å². The van der Waals surface area contributed by atoms with E-state index in [4.69, 9.17) is 0 Å². The lowest BCUT2D eigenvalue weighted by Crippen LogP contribution is -2.19. The minimum Gasteiger partial charge on any atom is -0.374 e. The molecule has 4 heteroatoms. The number of hydrogen-bond donors (Lipinski definition) is 1. The van der Waals surface area contributed by atoms with Gasteiger partial charge in [-0.3, -0.25) is 0 Å². The minimum atomic E-state index is 0.973. The van der Waals surface area contributed by atoms with Crippen LogP contribution in [0.4, 0.5) is 11.5 Å². The van der Waals surface area contributed by atoms with Crippen molar-refractivity contribution < 1.29 is 0 Å². The van der Waals surface area contributed by atoms with Gasteiger partial charge >= 0.3 is 0 Å². The average Bonchev–Trinajstić information content (AvgIpc) is 2.37. The van der Waals surface area contributed by atoms with Gasteiger partial charge in [-0.25, -0.2) is 4.98 Å². The van der Waals surface area contributed by atoms with Crippen LogP contribution < -0.4 is 10.2 Å². The summed E-state index contributed by atoms with van der Waals surface area (Å²) in [5.74, 6) is 2.19. The molecule has 0 fully saturated rings. The van der Waals surface area contributed by atoms with E-state index >= 15 is 0 Å². The van der Waals surface area contributed by atoms with Gasteiger partial charge in [-0.15, -0.1) is 0 Å². The van der Waals surface area contributed by atoms with Crippen LogP contribution in [0.2, 0.25) is 0 Å². The highest BCUT2D eigenvalue weighted by molar-refractivity contribution is 7.98. The molecule has 0 aliphatic carbocycles. The van der Waals surface area contributed by atoms with Crippen LogP contribution in [0.25, 0.3) is 0 Å². The summed E-state index contributed by atoms with van der Waals surface area (Å²) in [6.07, 6.45) is 6.37. The van der Waals surface area contributed by atoms with Crippen molar-refractivity contribution in [2.24, 2.45) is 0 Å². The Hall–Kier alpha value is -0.900. The first-order chi connectivity index (χ1) is 8.27. The van der Waals surface area contributed by atoms with E-state index < -0.39 is 0 Å². The van der Waals surface area contributed by atoms with Crippen LogP contribution in [0.3, 0.4) is 0 Å². The molecule has 1 rings (SSSR count). The number of aromatic nitrogens is 1. The second kappa shape index (κ2) is 8.23. The quantitative estimate of drug-likeness (QED) is 0.721. The summed E-state index contributed by atoms with van der Waals surface area (Å²) in [4.78, 5) is 6.60. The highest BCUT2D eigenvalue weighted by atomic mass is 32.2. The second-order valence-electron chi connectivity index (χ2n) is 4.09. The van der Waals surface area contributed by atoms with Gasteiger partial charge in [0.2, 0.25) is 0 Å². The monoisotopic (exact) mass is 253 g/mol. The maximum absolute atomic E-state index is 4.31. The van der Waals surface area contributed by atoms with Crippen LogP contribution in [0.1, 0.15) is 19.8 Å². The smallest absolute Gasteiger partial charge is 0.127 e. The molecule has 0 saturated heterocycles. The lowest BCUT2D eigenvalue weighted by molar-refractivity contribution is 0.858. The molecule has 0 aliphatic heterocycles. The first kappa shape index (κ1) is 14.2. The largest absolute Gasteiger partial charge is 0.374 e. The molecular formula is C13H23N3S. The van der Waals surface area contributed by atoms with Gasteiger partial charge in [0.25, 0.3) is 0 Å².